The first-order valence-electron chi connectivity index (χ1n) is 5.97. The average Bonchev–Trinajstić information content (AvgIpc) is 2.44. The van der Waals surface area contributed by atoms with Gasteiger partial charge in [0.25, 0.3) is 0 Å². The van der Waals surface area contributed by atoms with Crippen LogP contribution in [0.3, 0.4) is 0 Å². The number of benzene rings is 1. The average molecular weight is 347 g/mol. The number of pyridine rings is 1. The van der Waals surface area contributed by atoms with E-state index in [1.54, 1.807) is 0 Å². The Morgan fingerprint density at radius 1 is 1.14 bits per heavy atom. The molecule has 0 amide bonds. The first kappa shape index (κ1) is 15.9. The molecule has 0 saturated carbocycles. The number of halogens is 3. The lowest BCUT2D eigenvalue weighted by Crippen LogP contribution is -2.01. The molecule has 0 fully saturated rings. The molecule has 0 aliphatic rings. The molecule has 1 heterocycles. The molecule has 1 aromatic heterocycles. The third-order valence-electron chi connectivity index (χ3n) is 2.65. The Morgan fingerprint density at radius 2 is 1.81 bits per heavy atom. The summed E-state index contributed by atoms with van der Waals surface area (Å²) in [6, 6.07) is 5.71. The van der Waals surface area contributed by atoms with Crippen molar-refractivity contribution in [2.24, 2.45) is 0 Å². The second kappa shape index (κ2) is 6.52. The van der Waals surface area contributed by atoms with Gasteiger partial charge in [0.05, 0.1) is 20.6 Å². The molecule has 4 nitrogen and oxygen atoms in total. The van der Waals surface area contributed by atoms with E-state index in [1.165, 1.54) is 24.3 Å². The van der Waals surface area contributed by atoms with Gasteiger partial charge in [-0.05, 0) is 18.6 Å². The molecule has 0 radical (unpaired) electrons. The van der Waals surface area contributed by atoms with Crippen molar-refractivity contribution in [3.8, 4) is 11.6 Å². The van der Waals surface area contributed by atoms with Crippen LogP contribution in [0.4, 0.5) is 0 Å². The molecule has 1 aromatic carbocycles. The van der Waals surface area contributed by atoms with Crippen molar-refractivity contribution >= 4 is 40.8 Å². The number of hydrogen-bond acceptors (Lipinski definition) is 3. The van der Waals surface area contributed by atoms with Gasteiger partial charge in [-0.25, -0.2) is 9.78 Å². The van der Waals surface area contributed by atoms with Crippen molar-refractivity contribution in [3.05, 3.63) is 50.6 Å². The van der Waals surface area contributed by atoms with Crippen molar-refractivity contribution < 1.29 is 14.6 Å². The predicted octanol–water partition coefficient (Wildman–Crippen LogP) is 5.09. The molecule has 0 saturated heterocycles. The van der Waals surface area contributed by atoms with E-state index in [4.69, 9.17) is 44.6 Å². The standard InChI is InChI=1S/C14H10Cl3NO3/c1-2-8-3-7(14(19)20)4-13(18-8)21-12-6-10(16)9(15)5-11(12)17/h3-6H,2H2,1H3,(H,19,20). The Kier molecular flexibility index (Phi) is 4.93. The summed E-state index contributed by atoms with van der Waals surface area (Å²) >= 11 is 17.8. The van der Waals surface area contributed by atoms with Crippen LogP contribution in [0.15, 0.2) is 24.3 Å². The maximum absolute atomic E-state index is 11.1. The fourth-order valence-electron chi connectivity index (χ4n) is 1.61. The zero-order chi connectivity index (χ0) is 15.6. The number of carbonyl (C=O) groups is 1. The summed E-state index contributed by atoms with van der Waals surface area (Å²) in [5.74, 6) is -0.674. The Balaban J connectivity index is 2.41. The molecule has 0 atom stereocenters. The second-order valence-corrected chi connectivity index (χ2v) is 5.36. The van der Waals surface area contributed by atoms with Crippen molar-refractivity contribution in [1.29, 1.82) is 0 Å². The zero-order valence-corrected chi connectivity index (χ0v) is 13.1. The van der Waals surface area contributed by atoms with Crippen molar-refractivity contribution in [2.45, 2.75) is 13.3 Å². The van der Waals surface area contributed by atoms with E-state index in [2.05, 4.69) is 4.98 Å². The third-order valence-corrected chi connectivity index (χ3v) is 3.67. The minimum Gasteiger partial charge on any atom is -0.478 e. The Hall–Kier alpha value is -1.49. The smallest absolute Gasteiger partial charge is 0.335 e. The maximum Gasteiger partial charge on any atom is 0.335 e. The first-order chi connectivity index (χ1) is 9.90. The number of aryl methyl sites for hydroxylation is 1. The molecule has 7 heteroatoms. The minimum atomic E-state index is -1.06. The first-order valence-corrected chi connectivity index (χ1v) is 7.10. The quantitative estimate of drug-likeness (QED) is 0.783. The van der Waals surface area contributed by atoms with Crippen molar-refractivity contribution in [3.63, 3.8) is 0 Å². The van der Waals surface area contributed by atoms with Crippen LogP contribution >= 0.6 is 34.8 Å². The molecule has 2 aromatic rings. The van der Waals surface area contributed by atoms with E-state index >= 15 is 0 Å². The van der Waals surface area contributed by atoms with Crippen molar-refractivity contribution in [2.75, 3.05) is 0 Å². The number of hydrogen-bond donors (Lipinski definition) is 1. The fraction of sp³-hybridized carbons (Fsp3) is 0.143. The van der Waals surface area contributed by atoms with Gasteiger partial charge in [0.2, 0.25) is 5.88 Å². The summed E-state index contributed by atoms with van der Waals surface area (Å²) in [6.45, 7) is 1.86. The monoisotopic (exact) mass is 345 g/mol. The van der Waals surface area contributed by atoms with Gasteiger partial charge < -0.3 is 9.84 Å². The molecule has 21 heavy (non-hydrogen) atoms. The molecule has 2 rings (SSSR count). The number of aromatic nitrogens is 1. The molecule has 110 valence electrons. The molecular weight excluding hydrogens is 337 g/mol. The summed E-state index contributed by atoms with van der Waals surface area (Å²) in [6.07, 6.45) is 0.576. The van der Waals surface area contributed by atoms with Gasteiger partial charge in [-0.2, -0.15) is 0 Å². The molecule has 0 aliphatic carbocycles. The second-order valence-electron chi connectivity index (χ2n) is 4.14. The molecule has 1 N–H and O–H groups in total. The van der Waals surface area contributed by atoms with Crippen LogP contribution in [0.25, 0.3) is 0 Å². The van der Waals surface area contributed by atoms with Crippen LogP contribution in [0.2, 0.25) is 15.1 Å². The Labute approximate surface area is 136 Å². The summed E-state index contributed by atoms with van der Waals surface area (Å²) < 4.78 is 5.53. The zero-order valence-electron chi connectivity index (χ0n) is 10.9. The lowest BCUT2D eigenvalue weighted by Gasteiger charge is -2.10. The Morgan fingerprint density at radius 3 is 2.43 bits per heavy atom. The highest BCUT2D eigenvalue weighted by Gasteiger charge is 2.12. The number of aromatic carboxylic acids is 1. The molecule has 0 aliphatic heterocycles. The summed E-state index contributed by atoms with van der Waals surface area (Å²) in [4.78, 5) is 15.3. The van der Waals surface area contributed by atoms with Gasteiger partial charge in [0.1, 0.15) is 5.75 Å². The van der Waals surface area contributed by atoms with Crippen LogP contribution in [0, 0.1) is 0 Å². The summed E-state index contributed by atoms with van der Waals surface area (Å²) in [5.41, 5.74) is 0.689. The highest BCUT2D eigenvalue weighted by Crippen LogP contribution is 2.36. The van der Waals surface area contributed by atoms with E-state index in [-0.39, 0.29) is 27.2 Å². The van der Waals surface area contributed by atoms with E-state index in [1.807, 2.05) is 6.92 Å². The fourth-order valence-corrected chi connectivity index (χ4v) is 2.19. The van der Waals surface area contributed by atoms with E-state index < -0.39 is 5.97 Å². The summed E-state index contributed by atoms with van der Waals surface area (Å²) in [7, 11) is 0. The topological polar surface area (TPSA) is 59.4 Å². The van der Waals surface area contributed by atoms with E-state index in [9.17, 15) is 4.79 Å². The van der Waals surface area contributed by atoms with Gasteiger partial charge in [-0.1, -0.05) is 41.7 Å². The number of carboxylic acid groups (broad SMARTS) is 1. The van der Waals surface area contributed by atoms with Gasteiger partial charge in [-0.15, -0.1) is 0 Å². The molecule has 0 bridgehead atoms. The maximum atomic E-state index is 11.1. The van der Waals surface area contributed by atoms with Gasteiger partial charge in [0, 0.05) is 17.8 Å². The lowest BCUT2D eigenvalue weighted by molar-refractivity contribution is 0.0696. The number of ether oxygens (including phenoxy) is 1. The van der Waals surface area contributed by atoms with Crippen molar-refractivity contribution in [1.82, 2.24) is 4.98 Å². The van der Waals surface area contributed by atoms with Gasteiger partial charge >= 0.3 is 5.97 Å². The van der Waals surface area contributed by atoms with Gasteiger partial charge in [-0.3, -0.25) is 0 Å². The number of nitrogens with zero attached hydrogens (tertiary/aromatic N) is 1. The molecule has 0 spiro atoms. The largest absolute Gasteiger partial charge is 0.478 e. The SMILES string of the molecule is CCc1cc(C(=O)O)cc(Oc2cc(Cl)c(Cl)cc2Cl)n1. The predicted molar refractivity (Wildman–Crippen MR) is 82.1 cm³/mol. The van der Waals surface area contributed by atoms with Crippen LogP contribution in [0.1, 0.15) is 23.0 Å². The number of carboxylic acids is 1. The Bertz CT molecular complexity index is 704. The number of rotatable bonds is 4. The summed E-state index contributed by atoms with van der Waals surface area (Å²) in [5, 5.41) is 9.92. The highest BCUT2D eigenvalue weighted by atomic mass is 35.5. The van der Waals surface area contributed by atoms with Crippen LogP contribution in [-0.4, -0.2) is 16.1 Å². The van der Waals surface area contributed by atoms with E-state index in [0.29, 0.717) is 17.1 Å². The third kappa shape index (κ3) is 3.79. The van der Waals surface area contributed by atoms with Crippen LogP contribution in [0.5, 0.6) is 11.6 Å². The minimum absolute atomic E-state index is 0.0908. The molecular formula is C14H10Cl3NO3. The van der Waals surface area contributed by atoms with E-state index in [0.717, 1.165) is 0 Å². The van der Waals surface area contributed by atoms with Crippen LogP contribution < -0.4 is 4.74 Å². The van der Waals surface area contributed by atoms with Gasteiger partial charge in [0.15, 0.2) is 0 Å². The molecule has 0 unspecified atom stereocenters. The normalized spacial score (nSPS) is 10.5. The lowest BCUT2D eigenvalue weighted by atomic mass is 10.2. The highest BCUT2D eigenvalue weighted by molar-refractivity contribution is 6.43. The van der Waals surface area contributed by atoms with Crippen LogP contribution in [-0.2, 0) is 6.42 Å².